The van der Waals surface area contributed by atoms with Crippen LogP contribution in [0.2, 0.25) is 0 Å². The zero-order chi connectivity index (χ0) is 14.4. The summed E-state index contributed by atoms with van der Waals surface area (Å²) in [4.78, 5) is 12.1. The molecule has 0 saturated carbocycles. The van der Waals surface area contributed by atoms with E-state index in [4.69, 9.17) is 4.74 Å². The van der Waals surface area contributed by atoms with Gasteiger partial charge in [-0.2, -0.15) is 0 Å². The molecule has 2 N–H and O–H groups in total. The highest BCUT2D eigenvalue weighted by molar-refractivity contribution is 5.85. The molecule has 1 aliphatic rings. The third-order valence-corrected chi connectivity index (χ3v) is 3.88. The number of carbonyl (C=O) groups is 1. The molecule has 1 saturated heterocycles. The fourth-order valence-electron chi connectivity index (χ4n) is 2.58. The minimum Gasteiger partial charge on any atom is -0.497 e. The van der Waals surface area contributed by atoms with E-state index in [1.807, 2.05) is 24.3 Å². The van der Waals surface area contributed by atoms with Gasteiger partial charge < -0.3 is 15.4 Å². The zero-order valence-electron chi connectivity index (χ0n) is 12.7. The van der Waals surface area contributed by atoms with Crippen LogP contribution < -0.4 is 15.4 Å². The van der Waals surface area contributed by atoms with Crippen molar-refractivity contribution in [3.05, 3.63) is 29.8 Å². The smallest absolute Gasteiger partial charge is 0.220 e. The first kappa shape index (κ1) is 17.8. The number of hydrogen-bond acceptors (Lipinski definition) is 3. The first-order valence-electron chi connectivity index (χ1n) is 7.33. The zero-order valence-corrected chi connectivity index (χ0v) is 13.5. The second-order valence-electron chi connectivity index (χ2n) is 5.47. The Morgan fingerprint density at radius 2 is 1.95 bits per heavy atom. The number of amides is 1. The maximum Gasteiger partial charge on any atom is 0.220 e. The third-order valence-electron chi connectivity index (χ3n) is 3.88. The molecule has 0 radical (unpaired) electrons. The molecule has 1 unspecified atom stereocenters. The first-order valence-corrected chi connectivity index (χ1v) is 7.33. The Balaban J connectivity index is 0.00000220. The standard InChI is InChI=1S/C16H24N2O2.ClH/c1-12(13-3-5-15(20-2)6-4-13)11-16(19)18-14-7-9-17-10-8-14;/h3-6,12,14,17H,7-11H2,1-2H3,(H,18,19);1H. The van der Waals surface area contributed by atoms with Crippen molar-refractivity contribution in [3.8, 4) is 5.75 Å². The van der Waals surface area contributed by atoms with Crippen LogP contribution in [0.5, 0.6) is 5.75 Å². The highest BCUT2D eigenvalue weighted by atomic mass is 35.5. The van der Waals surface area contributed by atoms with Gasteiger partial charge in [-0.3, -0.25) is 4.79 Å². The van der Waals surface area contributed by atoms with Gasteiger partial charge in [0.25, 0.3) is 0 Å². The second kappa shape index (κ2) is 8.90. The van der Waals surface area contributed by atoms with Crippen LogP contribution in [0.4, 0.5) is 0 Å². The van der Waals surface area contributed by atoms with Crippen molar-refractivity contribution in [1.29, 1.82) is 0 Å². The second-order valence-corrected chi connectivity index (χ2v) is 5.47. The van der Waals surface area contributed by atoms with Crippen LogP contribution in [0.1, 0.15) is 37.7 Å². The van der Waals surface area contributed by atoms with E-state index >= 15 is 0 Å². The number of rotatable bonds is 5. The number of methoxy groups -OCH3 is 1. The molecule has 1 fully saturated rings. The summed E-state index contributed by atoms with van der Waals surface area (Å²) < 4.78 is 5.15. The number of ether oxygens (including phenoxy) is 1. The van der Waals surface area contributed by atoms with Crippen LogP contribution >= 0.6 is 12.4 Å². The lowest BCUT2D eigenvalue weighted by Crippen LogP contribution is -2.42. The van der Waals surface area contributed by atoms with Gasteiger partial charge in [0.1, 0.15) is 5.75 Å². The van der Waals surface area contributed by atoms with Gasteiger partial charge in [0, 0.05) is 12.5 Å². The minimum absolute atomic E-state index is 0. The lowest BCUT2D eigenvalue weighted by atomic mass is 9.97. The van der Waals surface area contributed by atoms with Crippen molar-refractivity contribution in [2.75, 3.05) is 20.2 Å². The van der Waals surface area contributed by atoms with Crippen LogP contribution in [0.25, 0.3) is 0 Å². The molecule has 1 heterocycles. The van der Waals surface area contributed by atoms with E-state index in [2.05, 4.69) is 17.6 Å². The van der Waals surface area contributed by atoms with E-state index in [0.29, 0.717) is 12.5 Å². The summed E-state index contributed by atoms with van der Waals surface area (Å²) in [6, 6.07) is 8.28. The molecular formula is C16H25ClN2O2. The van der Waals surface area contributed by atoms with E-state index in [-0.39, 0.29) is 24.2 Å². The van der Waals surface area contributed by atoms with Crippen LogP contribution in [-0.4, -0.2) is 32.1 Å². The lowest BCUT2D eigenvalue weighted by molar-refractivity contribution is -0.122. The quantitative estimate of drug-likeness (QED) is 0.878. The van der Waals surface area contributed by atoms with Crippen molar-refractivity contribution >= 4 is 18.3 Å². The SMILES string of the molecule is COc1ccc(C(C)CC(=O)NC2CCNCC2)cc1.Cl. The number of piperidine rings is 1. The van der Waals surface area contributed by atoms with E-state index < -0.39 is 0 Å². The molecule has 1 aromatic rings. The molecule has 21 heavy (non-hydrogen) atoms. The summed E-state index contributed by atoms with van der Waals surface area (Å²) in [7, 11) is 1.66. The molecule has 118 valence electrons. The molecule has 5 heteroatoms. The van der Waals surface area contributed by atoms with E-state index in [1.165, 1.54) is 5.56 Å². The summed E-state index contributed by atoms with van der Waals surface area (Å²) in [5, 5.41) is 6.44. The average Bonchev–Trinajstić information content (AvgIpc) is 2.48. The van der Waals surface area contributed by atoms with Crippen molar-refractivity contribution < 1.29 is 9.53 Å². The van der Waals surface area contributed by atoms with Crippen molar-refractivity contribution in [3.63, 3.8) is 0 Å². The molecular weight excluding hydrogens is 288 g/mol. The van der Waals surface area contributed by atoms with Gasteiger partial charge >= 0.3 is 0 Å². The number of halogens is 1. The number of nitrogens with one attached hydrogen (secondary N) is 2. The Hall–Kier alpha value is -1.26. The molecule has 0 bridgehead atoms. The normalized spacial score (nSPS) is 16.7. The van der Waals surface area contributed by atoms with Gasteiger partial charge in [0.05, 0.1) is 7.11 Å². The van der Waals surface area contributed by atoms with Gasteiger partial charge in [-0.1, -0.05) is 19.1 Å². The van der Waals surface area contributed by atoms with Gasteiger partial charge in [0.15, 0.2) is 0 Å². The maximum absolute atomic E-state index is 12.1. The Morgan fingerprint density at radius 3 is 2.52 bits per heavy atom. The van der Waals surface area contributed by atoms with Crippen molar-refractivity contribution in [2.24, 2.45) is 0 Å². The highest BCUT2D eigenvalue weighted by Crippen LogP contribution is 2.21. The Labute approximate surface area is 133 Å². The van der Waals surface area contributed by atoms with E-state index in [1.54, 1.807) is 7.11 Å². The van der Waals surface area contributed by atoms with Crippen molar-refractivity contribution in [2.45, 2.75) is 38.1 Å². The summed E-state index contributed by atoms with van der Waals surface area (Å²) in [5.74, 6) is 1.22. The maximum atomic E-state index is 12.1. The monoisotopic (exact) mass is 312 g/mol. The van der Waals surface area contributed by atoms with Crippen LogP contribution in [0.15, 0.2) is 24.3 Å². The Bertz CT molecular complexity index is 430. The minimum atomic E-state index is 0. The van der Waals surface area contributed by atoms with E-state index in [9.17, 15) is 4.79 Å². The van der Waals surface area contributed by atoms with Crippen LogP contribution in [-0.2, 0) is 4.79 Å². The number of benzene rings is 1. The summed E-state index contributed by atoms with van der Waals surface area (Å²) in [6.45, 7) is 4.09. The van der Waals surface area contributed by atoms with Crippen LogP contribution in [0.3, 0.4) is 0 Å². The van der Waals surface area contributed by atoms with E-state index in [0.717, 1.165) is 31.7 Å². The molecule has 0 aliphatic carbocycles. The summed E-state index contributed by atoms with van der Waals surface area (Å²) >= 11 is 0. The molecule has 0 aromatic heterocycles. The van der Waals surface area contributed by atoms with Crippen LogP contribution in [0, 0.1) is 0 Å². The first-order chi connectivity index (χ1) is 9.69. The predicted octanol–water partition coefficient (Wildman–Crippen LogP) is 2.48. The number of hydrogen-bond donors (Lipinski definition) is 2. The lowest BCUT2D eigenvalue weighted by Gasteiger charge is -2.24. The third kappa shape index (κ3) is 5.56. The number of carbonyl (C=O) groups excluding carboxylic acids is 1. The predicted molar refractivity (Wildman–Crippen MR) is 87.3 cm³/mol. The van der Waals surface area contributed by atoms with Gasteiger partial charge in [0.2, 0.25) is 5.91 Å². The molecule has 1 aromatic carbocycles. The summed E-state index contributed by atoms with van der Waals surface area (Å²) in [5.41, 5.74) is 1.17. The van der Waals surface area contributed by atoms with Gasteiger partial charge in [-0.25, -0.2) is 0 Å². The average molecular weight is 313 g/mol. The molecule has 1 atom stereocenters. The topological polar surface area (TPSA) is 50.4 Å². The molecule has 1 aliphatic heterocycles. The molecule has 4 nitrogen and oxygen atoms in total. The molecule has 1 amide bonds. The van der Waals surface area contributed by atoms with Crippen molar-refractivity contribution in [1.82, 2.24) is 10.6 Å². The molecule has 2 rings (SSSR count). The fraction of sp³-hybridized carbons (Fsp3) is 0.562. The largest absolute Gasteiger partial charge is 0.497 e. The van der Waals surface area contributed by atoms with Gasteiger partial charge in [-0.15, -0.1) is 12.4 Å². The molecule has 0 spiro atoms. The Morgan fingerprint density at radius 1 is 1.33 bits per heavy atom. The Kier molecular flexibility index (Phi) is 7.54. The highest BCUT2D eigenvalue weighted by Gasteiger charge is 2.17. The fourth-order valence-corrected chi connectivity index (χ4v) is 2.58. The van der Waals surface area contributed by atoms with Gasteiger partial charge in [-0.05, 0) is 49.5 Å². The summed E-state index contributed by atoms with van der Waals surface area (Å²) in [6.07, 6.45) is 2.60.